The van der Waals surface area contributed by atoms with Crippen molar-refractivity contribution >= 4 is 0 Å². The maximum Gasteiger partial charge on any atom is 0.187 e. The first-order valence-corrected chi connectivity index (χ1v) is 13.5. The summed E-state index contributed by atoms with van der Waals surface area (Å²) < 4.78 is 38.5. The molecule has 0 bridgehead atoms. The van der Waals surface area contributed by atoms with Gasteiger partial charge in [0.15, 0.2) is 25.2 Å². The molecule has 0 amide bonds. The minimum Gasteiger partial charge on any atom is -0.388 e. The van der Waals surface area contributed by atoms with Gasteiger partial charge >= 0.3 is 0 Å². The summed E-state index contributed by atoms with van der Waals surface area (Å²) in [5, 5.41) is 104. The van der Waals surface area contributed by atoms with Crippen LogP contribution < -0.4 is 0 Å². The van der Waals surface area contributed by atoms with E-state index >= 15 is 0 Å². The van der Waals surface area contributed by atoms with E-state index in [1.165, 1.54) is 27.7 Å². The van der Waals surface area contributed by atoms with E-state index in [-0.39, 0.29) is 0 Å². The van der Waals surface area contributed by atoms with Gasteiger partial charge in [-0.1, -0.05) is 0 Å². The van der Waals surface area contributed by atoms with E-state index in [1.807, 2.05) is 0 Å². The Labute approximate surface area is 235 Å². The van der Waals surface area contributed by atoms with Crippen LogP contribution in [0.1, 0.15) is 27.7 Å². The number of aliphatic hydroxyl groups excluding tert-OH is 10. The molecule has 0 aromatic rings. The summed E-state index contributed by atoms with van der Waals surface area (Å²) in [6.45, 7) is 5.71. The summed E-state index contributed by atoms with van der Waals surface area (Å²) in [6.07, 6.45) is -29.4. The second-order valence-corrected chi connectivity index (χ2v) is 11.1. The van der Waals surface area contributed by atoms with Gasteiger partial charge < -0.3 is 84.2 Å². The molecule has 4 aliphatic heterocycles. The average molecular weight is 603 g/mol. The smallest absolute Gasteiger partial charge is 0.187 e. The normalized spacial score (nSPS) is 56.9. The third kappa shape index (κ3) is 6.57. The summed E-state index contributed by atoms with van der Waals surface area (Å²) in [7, 11) is 0. The van der Waals surface area contributed by atoms with Crippen molar-refractivity contribution < 1.29 is 84.2 Å². The van der Waals surface area contributed by atoms with Crippen LogP contribution in [0.15, 0.2) is 0 Å². The highest BCUT2D eigenvalue weighted by Gasteiger charge is 2.54. The van der Waals surface area contributed by atoms with Crippen LogP contribution in [-0.2, 0) is 33.2 Å². The molecule has 4 fully saturated rings. The van der Waals surface area contributed by atoms with Gasteiger partial charge in [0.25, 0.3) is 0 Å². The van der Waals surface area contributed by atoms with Crippen LogP contribution in [0.5, 0.6) is 0 Å². The number of hydrogen-bond acceptors (Lipinski definition) is 17. The van der Waals surface area contributed by atoms with Crippen molar-refractivity contribution in [2.75, 3.05) is 0 Å². The van der Waals surface area contributed by atoms with Crippen molar-refractivity contribution in [2.24, 2.45) is 0 Å². The highest BCUT2D eigenvalue weighted by atomic mass is 16.8. The van der Waals surface area contributed by atoms with Gasteiger partial charge in [-0.05, 0) is 27.7 Å². The summed E-state index contributed by atoms with van der Waals surface area (Å²) >= 11 is 0. The second kappa shape index (κ2) is 13.1. The third-order valence-electron chi connectivity index (χ3n) is 8.05. The van der Waals surface area contributed by atoms with Crippen LogP contribution in [0.4, 0.5) is 0 Å². The summed E-state index contributed by atoms with van der Waals surface area (Å²) in [5.74, 6) is 0. The van der Waals surface area contributed by atoms with Gasteiger partial charge in [-0.15, -0.1) is 0 Å². The van der Waals surface area contributed by atoms with Crippen LogP contribution in [0.3, 0.4) is 0 Å². The SMILES string of the molecule is C[C@@H]1O[C@@H](O[C@H]2[C@H](O)[C@H](O[C@H]3[C@H](O)[C@H](O[C@@H]4[C@H](O)[C@H](C)O[C@H](O)[C@H]4O)O[C@@H](C)[C@H]3O)O[C@@H](C)[C@H]2O)[C@@H](O)[C@H](O)[C@@H]1O. The molecule has 17 nitrogen and oxygen atoms in total. The Morgan fingerprint density at radius 1 is 0.341 bits per heavy atom. The van der Waals surface area contributed by atoms with Gasteiger partial charge in [0, 0.05) is 0 Å². The molecule has 0 aromatic heterocycles. The first kappa shape index (κ1) is 33.2. The molecule has 0 radical (unpaired) electrons. The molecule has 4 saturated heterocycles. The predicted octanol–water partition coefficient (Wildman–Crippen LogP) is -5.64. The second-order valence-electron chi connectivity index (χ2n) is 11.1. The van der Waals surface area contributed by atoms with Gasteiger partial charge in [0.2, 0.25) is 0 Å². The summed E-state index contributed by atoms with van der Waals surface area (Å²) in [4.78, 5) is 0. The van der Waals surface area contributed by atoms with Crippen molar-refractivity contribution in [2.45, 2.75) is 151 Å². The van der Waals surface area contributed by atoms with Crippen LogP contribution in [0.25, 0.3) is 0 Å². The molecule has 0 aromatic carbocycles. The van der Waals surface area contributed by atoms with Crippen LogP contribution in [0, 0.1) is 0 Å². The van der Waals surface area contributed by atoms with E-state index in [0.717, 1.165) is 0 Å². The van der Waals surface area contributed by atoms with Crippen molar-refractivity contribution in [1.82, 2.24) is 0 Å². The molecular formula is C24H42O17. The molecule has 4 aliphatic rings. The van der Waals surface area contributed by atoms with Crippen LogP contribution in [-0.4, -0.2) is 174 Å². The quantitative estimate of drug-likeness (QED) is 0.136. The molecule has 17 heteroatoms. The lowest BCUT2D eigenvalue weighted by molar-refractivity contribution is -0.384. The van der Waals surface area contributed by atoms with Gasteiger partial charge in [0.1, 0.15) is 73.2 Å². The van der Waals surface area contributed by atoms with E-state index in [1.54, 1.807) is 0 Å². The van der Waals surface area contributed by atoms with Gasteiger partial charge in [-0.25, -0.2) is 0 Å². The molecule has 4 heterocycles. The molecule has 0 saturated carbocycles. The highest BCUT2D eigenvalue weighted by Crippen LogP contribution is 2.34. The maximum absolute atomic E-state index is 11.0. The van der Waals surface area contributed by atoms with Gasteiger partial charge in [-0.2, -0.15) is 0 Å². The fourth-order valence-electron chi connectivity index (χ4n) is 5.30. The molecule has 240 valence electrons. The zero-order valence-electron chi connectivity index (χ0n) is 22.9. The Morgan fingerprint density at radius 2 is 0.659 bits per heavy atom. The molecule has 10 N–H and O–H groups in total. The fraction of sp³-hybridized carbons (Fsp3) is 1.00. The molecular weight excluding hydrogens is 560 g/mol. The first-order valence-electron chi connectivity index (χ1n) is 13.5. The van der Waals surface area contributed by atoms with E-state index in [4.69, 9.17) is 33.2 Å². The van der Waals surface area contributed by atoms with E-state index in [2.05, 4.69) is 0 Å². The zero-order valence-corrected chi connectivity index (χ0v) is 22.9. The molecule has 0 aliphatic carbocycles. The summed E-state index contributed by atoms with van der Waals surface area (Å²) in [5.41, 5.74) is 0. The maximum atomic E-state index is 11.0. The van der Waals surface area contributed by atoms with Crippen molar-refractivity contribution in [3.63, 3.8) is 0 Å². The fourth-order valence-corrected chi connectivity index (χ4v) is 5.30. The monoisotopic (exact) mass is 602 g/mol. The number of ether oxygens (including phenoxy) is 7. The lowest BCUT2D eigenvalue weighted by Gasteiger charge is -2.48. The van der Waals surface area contributed by atoms with E-state index in [9.17, 15) is 51.1 Å². The molecule has 0 unspecified atom stereocenters. The van der Waals surface area contributed by atoms with E-state index in [0.29, 0.717) is 0 Å². The van der Waals surface area contributed by atoms with E-state index < -0.39 is 123 Å². The Balaban J connectivity index is 1.47. The Bertz CT molecular complexity index is 839. The Hall–Kier alpha value is -0.680. The number of hydrogen-bond donors (Lipinski definition) is 10. The third-order valence-corrected chi connectivity index (χ3v) is 8.05. The molecule has 0 spiro atoms. The van der Waals surface area contributed by atoms with Crippen molar-refractivity contribution in [3.8, 4) is 0 Å². The topological polar surface area (TPSA) is 267 Å². The van der Waals surface area contributed by atoms with Crippen LogP contribution >= 0.6 is 0 Å². The average Bonchev–Trinajstić information content (AvgIpc) is 2.92. The minimum absolute atomic E-state index is 0.941. The summed E-state index contributed by atoms with van der Waals surface area (Å²) in [6, 6.07) is 0. The molecule has 20 atom stereocenters. The van der Waals surface area contributed by atoms with Crippen LogP contribution in [0.2, 0.25) is 0 Å². The Kier molecular flexibility index (Phi) is 10.6. The molecule has 4 rings (SSSR count). The Morgan fingerprint density at radius 3 is 1.07 bits per heavy atom. The lowest BCUT2D eigenvalue weighted by atomic mass is 9.96. The van der Waals surface area contributed by atoms with Gasteiger partial charge in [-0.3, -0.25) is 0 Å². The lowest BCUT2D eigenvalue weighted by Crippen LogP contribution is -2.66. The zero-order chi connectivity index (χ0) is 30.5. The largest absolute Gasteiger partial charge is 0.388 e. The standard InChI is InChI=1S/C24H42O17/c1-5-9(25)13(29)14(30)22(36-5)40-19-11(27)7(3)38-24(16(19)32)41-20-12(28)8(4)37-23(17(20)33)39-18-10(26)6(2)35-21(34)15(18)31/h5-34H,1-4H3/t5-,6-,7-,8-,9+,10+,11+,12+,13+,14-,15-,16-,17-,18+,19+,20+,21-,22-,23-,24-/m0/s1. The van der Waals surface area contributed by atoms with Crippen molar-refractivity contribution in [3.05, 3.63) is 0 Å². The molecule has 41 heavy (non-hydrogen) atoms. The number of rotatable bonds is 6. The van der Waals surface area contributed by atoms with Gasteiger partial charge in [0.05, 0.1) is 24.4 Å². The highest BCUT2D eigenvalue weighted by molar-refractivity contribution is 4.96. The number of aliphatic hydroxyl groups is 10. The predicted molar refractivity (Wildman–Crippen MR) is 128 cm³/mol. The minimum atomic E-state index is -1.79. The van der Waals surface area contributed by atoms with Crippen molar-refractivity contribution in [1.29, 1.82) is 0 Å². The first-order chi connectivity index (χ1) is 19.1.